The topological polar surface area (TPSA) is 92.7 Å². The second-order valence-electron chi connectivity index (χ2n) is 3.62. The molecular formula is C10H10F3NO5S. The third kappa shape index (κ3) is 3.08. The van der Waals surface area contributed by atoms with Gasteiger partial charge in [0.05, 0.1) is 12.0 Å². The van der Waals surface area contributed by atoms with E-state index in [1.807, 2.05) is 0 Å². The Morgan fingerprint density at radius 2 is 1.75 bits per heavy atom. The van der Waals surface area contributed by atoms with Gasteiger partial charge in [0.15, 0.2) is 0 Å². The molecule has 0 aliphatic carbocycles. The number of alkyl halides is 3. The maximum atomic E-state index is 12.7. The summed E-state index contributed by atoms with van der Waals surface area (Å²) < 4.78 is 66.3. The van der Waals surface area contributed by atoms with Gasteiger partial charge in [-0.1, -0.05) is 18.2 Å². The lowest BCUT2D eigenvalue weighted by Crippen LogP contribution is -2.64. The first-order chi connectivity index (χ1) is 9.04. The zero-order valence-corrected chi connectivity index (χ0v) is 10.8. The first-order valence-corrected chi connectivity index (χ1v) is 6.49. The molecule has 0 aromatic heterocycles. The van der Waals surface area contributed by atoms with E-state index >= 15 is 0 Å². The fourth-order valence-electron chi connectivity index (χ4n) is 1.22. The molecule has 1 aromatic rings. The number of hydrogen-bond acceptors (Lipinski definition) is 5. The van der Waals surface area contributed by atoms with Crippen LogP contribution in [0.5, 0.6) is 0 Å². The predicted octanol–water partition coefficient (Wildman–Crippen LogP) is 0.389. The first-order valence-electron chi connectivity index (χ1n) is 5.01. The molecule has 0 bridgehead atoms. The van der Waals surface area contributed by atoms with Gasteiger partial charge < -0.3 is 9.84 Å². The number of methoxy groups -OCH3 is 1. The number of sulfonamides is 1. The van der Waals surface area contributed by atoms with Gasteiger partial charge in [0.1, 0.15) is 0 Å². The van der Waals surface area contributed by atoms with Crippen molar-refractivity contribution in [3.8, 4) is 0 Å². The quantitative estimate of drug-likeness (QED) is 0.619. The maximum Gasteiger partial charge on any atom is 0.443 e. The van der Waals surface area contributed by atoms with Crippen molar-refractivity contribution < 1.29 is 36.2 Å². The number of hydrogen-bond donors (Lipinski definition) is 2. The molecule has 1 atom stereocenters. The standard InChI is InChI=1S/C10H10F3NO5S/c1-19-8(15)9(16,10(11,12)13)14-20(17,18)7-5-3-2-4-6-7/h2-6,14,16H,1H3/t9-/m1/s1. The highest BCUT2D eigenvalue weighted by molar-refractivity contribution is 7.89. The van der Waals surface area contributed by atoms with E-state index in [9.17, 15) is 31.5 Å². The van der Waals surface area contributed by atoms with Crippen LogP contribution in [0.15, 0.2) is 35.2 Å². The predicted molar refractivity (Wildman–Crippen MR) is 59.8 cm³/mol. The van der Waals surface area contributed by atoms with Crippen LogP contribution in [0.3, 0.4) is 0 Å². The molecule has 20 heavy (non-hydrogen) atoms. The minimum Gasteiger partial charge on any atom is -0.466 e. The average molecular weight is 313 g/mol. The third-order valence-corrected chi connectivity index (χ3v) is 3.68. The summed E-state index contributed by atoms with van der Waals surface area (Å²) in [6.45, 7) is 0. The van der Waals surface area contributed by atoms with Gasteiger partial charge >= 0.3 is 17.9 Å². The number of rotatable bonds is 4. The third-order valence-electron chi connectivity index (χ3n) is 2.23. The summed E-state index contributed by atoms with van der Waals surface area (Å²) in [7, 11) is -4.20. The lowest BCUT2D eigenvalue weighted by molar-refractivity contribution is -0.265. The van der Waals surface area contributed by atoms with Crippen LogP contribution in [0, 0.1) is 0 Å². The number of carbonyl (C=O) groups is 1. The number of nitrogens with one attached hydrogen (secondary N) is 1. The van der Waals surface area contributed by atoms with Crippen LogP contribution in [-0.4, -0.2) is 38.5 Å². The summed E-state index contributed by atoms with van der Waals surface area (Å²) in [6.07, 6.45) is -5.60. The van der Waals surface area contributed by atoms with Crippen molar-refractivity contribution in [2.75, 3.05) is 7.11 Å². The Labute approximate surface area is 112 Å². The van der Waals surface area contributed by atoms with Crippen LogP contribution < -0.4 is 4.72 Å². The van der Waals surface area contributed by atoms with E-state index in [1.54, 1.807) is 0 Å². The molecule has 0 heterocycles. The highest BCUT2D eigenvalue weighted by Crippen LogP contribution is 2.30. The van der Waals surface area contributed by atoms with Crippen LogP contribution in [0.2, 0.25) is 0 Å². The van der Waals surface area contributed by atoms with E-state index in [0.29, 0.717) is 7.11 Å². The average Bonchev–Trinajstić information content (AvgIpc) is 2.37. The minimum atomic E-state index is -5.60. The van der Waals surface area contributed by atoms with Crippen molar-refractivity contribution >= 4 is 16.0 Å². The Morgan fingerprint density at radius 3 is 2.15 bits per heavy atom. The summed E-state index contributed by atoms with van der Waals surface area (Å²) in [5.41, 5.74) is -4.36. The number of carbonyl (C=O) groups excluding carboxylic acids is 1. The Kier molecular flexibility index (Phi) is 4.42. The Morgan fingerprint density at radius 1 is 1.25 bits per heavy atom. The molecule has 0 aliphatic heterocycles. The van der Waals surface area contributed by atoms with E-state index in [0.717, 1.165) is 16.9 Å². The largest absolute Gasteiger partial charge is 0.466 e. The van der Waals surface area contributed by atoms with E-state index in [-0.39, 0.29) is 0 Å². The summed E-state index contributed by atoms with van der Waals surface area (Å²) in [5, 5.41) is 9.32. The van der Waals surface area contributed by atoms with Gasteiger partial charge in [-0.05, 0) is 12.1 Å². The first kappa shape index (κ1) is 16.4. The van der Waals surface area contributed by atoms with E-state index < -0.39 is 32.8 Å². The second-order valence-corrected chi connectivity index (χ2v) is 5.30. The number of ether oxygens (including phenoxy) is 1. The van der Waals surface area contributed by atoms with Crippen molar-refractivity contribution in [3.63, 3.8) is 0 Å². The van der Waals surface area contributed by atoms with E-state index in [1.165, 1.54) is 18.2 Å². The SMILES string of the molecule is COC(=O)[C@](O)(NS(=O)(=O)c1ccccc1)C(F)(F)F. The minimum absolute atomic E-state index is 0.549. The highest BCUT2D eigenvalue weighted by atomic mass is 32.2. The zero-order valence-electron chi connectivity index (χ0n) is 10.0. The summed E-state index contributed by atoms with van der Waals surface area (Å²) in [4.78, 5) is 10.5. The van der Waals surface area contributed by atoms with Crippen molar-refractivity contribution in [1.29, 1.82) is 0 Å². The summed E-state index contributed by atoms with van der Waals surface area (Å²) in [6, 6.07) is 5.96. The van der Waals surface area contributed by atoms with Crippen molar-refractivity contribution in [2.24, 2.45) is 0 Å². The molecule has 0 fully saturated rings. The molecule has 0 saturated heterocycles. The molecule has 0 saturated carbocycles. The molecule has 1 rings (SSSR count). The Hall–Kier alpha value is -1.65. The van der Waals surface area contributed by atoms with Crippen LogP contribution in [0.4, 0.5) is 13.2 Å². The molecule has 2 N–H and O–H groups in total. The fraction of sp³-hybridized carbons (Fsp3) is 0.300. The molecule has 0 aliphatic rings. The molecule has 0 amide bonds. The Bertz CT molecular complexity index is 587. The van der Waals surface area contributed by atoms with Crippen molar-refractivity contribution in [3.05, 3.63) is 30.3 Å². The lowest BCUT2D eigenvalue weighted by atomic mass is 10.2. The normalized spacial score (nSPS) is 15.4. The Balaban J connectivity index is 3.25. The molecule has 0 radical (unpaired) electrons. The van der Waals surface area contributed by atoms with Crippen molar-refractivity contribution in [1.82, 2.24) is 4.72 Å². The molecule has 0 spiro atoms. The van der Waals surface area contributed by atoms with Crippen LogP contribution in [0.25, 0.3) is 0 Å². The molecule has 0 unspecified atom stereocenters. The van der Waals surface area contributed by atoms with Crippen LogP contribution in [-0.2, 0) is 19.6 Å². The number of benzene rings is 1. The molecule has 112 valence electrons. The monoisotopic (exact) mass is 313 g/mol. The number of aliphatic hydroxyl groups is 1. The number of esters is 1. The van der Waals surface area contributed by atoms with Gasteiger partial charge in [0.2, 0.25) is 10.0 Å². The number of halogens is 3. The molecule has 1 aromatic carbocycles. The van der Waals surface area contributed by atoms with Gasteiger partial charge in [0.25, 0.3) is 0 Å². The van der Waals surface area contributed by atoms with Gasteiger partial charge in [-0.2, -0.15) is 17.9 Å². The van der Waals surface area contributed by atoms with E-state index in [4.69, 9.17) is 0 Å². The zero-order chi connectivity index (χ0) is 15.6. The van der Waals surface area contributed by atoms with Gasteiger partial charge in [0, 0.05) is 0 Å². The van der Waals surface area contributed by atoms with Gasteiger partial charge in [-0.15, -0.1) is 0 Å². The summed E-state index contributed by atoms with van der Waals surface area (Å²) >= 11 is 0. The van der Waals surface area contributed by atoms with Crippen LogP contribution >= 0.6 is 0 Å². The fourth-order valence-corrected chi connectivity index (χ4v) is 2.44. The molecular weight excluding hydrogens is 303 g/mol. The highest BCUT2D eigenvalue weighted by Gasteiger charge is 2.63. The second kappa shape index (κ2) is 5.38. The molecule has 6 nitrogen and oxygen atoms in total. The maximum absolute atomic E-state index is 12.7. The summed E-state index contributed by atoms with van der Waals surface area (Å²) in [5.74, 6) is -2.19. The smallest absolute Gasteiger partial charge is 0.443 e. The van der Waals surface area contributed by atoms with E-state index in [2.05, 4.69) is 4.74 Å². The van der Waals surface area contributed by atoms with Crippen molar-refractivity contribution in [2.45, 2.75) is 16.8 Å². The van der Waals surface area contributed by atoms with Gasteiger partial charge in [-0.3, -0.25) is 0 Å². The van der Waals surface area contributed by atoms with Gasteiger partial charge in [-0.25, -0.2) is 13.2 Å². The van der Waals surface area contributed by atoms with Crippen LogP contribution in [0.1, 0.15) is 0 Å². The lowest BCUT2D eigenvalue weighted by Gasteiger charge is -2.27. The molecule has 10 heteroatoms.